The molecule has 0 bridgehead atoms. The molecule has 3 N–H and O–H groups in total. The van der Waals surface area contributed by atoms with Crippen molar-refractivity contribution in [1.82, 2.24) is 9.62 Å². The number of carbonyl (C=O) groups is 1. The summed E-state index contributed by atoms with van der Waals surface area (Å²) >= 11 is 0. The van der Waals surface area contributed by atoms with Crippen LogP contribution in [0.3, 0.4) is 0 Å². The lowest BCUT2D eigenvalue weighted by Gasteiger charge is -2.26. The van der Waals surface area contributed by atoms with Gasteiger partial charge in [-0.2, -0.15) is 4.31 Å². The summed E-state index contributed by atoms with van der Waals surface area (Å²) in [5.41, 5.74) is 6.88. The highest BCUT2D eigenvalue weighted by atomic mass is 35.5. The van der Waals surface area contributed by atoms with Gasteiger partial charge in [0.05, 0.1) is 18.1 Å². The molecule has 3 rings (SSSR count). The highest BCUT2D eigenvalue weighted by Gasteiger charge is 2.27. The number of ether oxygens (including phenoxy) is 1. The van der Waals surface area contributed by atoms with E-state index in [1.807, 2.05) is 0 Å². The minimum absolute atomic E-state index is 0. The first-order chi connectivity index (χ1) is 12.5. The van der Waals surface area contributed by atoms with Gasteiger partial charge in [0.2, 0.25) is 15.9 Å². The molecule has 0 radical (unpaired) electrons. The van der Waals surface area contributed by atoms with Crippen molar-refractivity contribution in [3.8, 4) is 0 Å². The molecule has 2 fully saturated rings. The standard InChI is InChI=1S/C18H27N3O4S.ClH/c19-17-3-1-2-15(17)12-18(22)20-13-14-4-6-16(7-5-14)26(23,24)21-8-10-25-11-9-21;/h4-7,15,17H,1-3,8-13,19H2,(H,20,22);1H/t15-,17+;/m0./s1. The maximum atomic E-state index is 12.6. The van der Waals surface area contributed by atoms with Gasteiger partial charge >= 0.3 is 0 Å². The molecule has 2 aliphatic rings. The van der Waals surface area contributed by atoms with Crippen LogP contribution in [-0.4, -0.2) is 51.0 Å². The van der Waals surface area contributed by atoms with Crippen LogP contribution in [0.25, 0.3) is 0 Å². The summed E-state index contributed by atoms with van der Waals surface area (Å²) in [7, 11) is -3.48. The van der Waals surface area contributed by atoms with Gasteiger partial charge in [-0.05, 0) is 36.5 Å². The maximum Gasteiger partial charge on any atom is 0.243 e. The minimum atomic E-state index is -3.48. The van der Waals surface area contributed by atoms with Crippen LogP contribution < -0.4 is 11.1 Å². The molecule has 0 aromatic heterocycles. The van der Waals surface area contributed by atoms with Crippen molar-refractivity contribution in [3.63, 3.8) is 0 Å². The van der Waals surface area contributed by atoms with Crippen LogP contribution in [-0.2, 0) is 26.1 Å². The smallest absolute Gasteiger partial charge is 0.243 e. The normalized spacial score (nSPS) is 23.6. The molecule has 1 amide bonds. The molecule has 1 aromatic rings. The van der Waals surface area contributed by atoms with Gasteiger partial charge in [0.15, 0.2) is 0 Å². The largest absolute Gasteiger partial charge is 0.379 e. The number of benzene rings is 1. The monoisotopic (exact) mass is 417 g/mol. The summed E-state index contributed by atoms with van der Waals surface area (Å²) in [5.74, 6) is 0.272. The van der Waals surface area contributed by atoms with E-state index < -0.39 is 10.0 Å². The fraction of sp³-hybridized carbons (Fsp3) is 0.611. The number of halogens is 1. The first-order valence-electron chi connectivity index (χ1n) is 9.16. The molecular formula is C18H28ClN3O4S. The van der Waals surface area contributed by atoms with Crippen LogP contribution in [0.4, 0.5) is 0 Å². The lowest BCUT2D eigenvalue weighted by atomic mass is 10.00. The van der Waals surface area contributed by atoms with Crippen molar-refractivity contribution < 1.29 is 17.9 Å². The number of carbonyl (C=O) groups excluding carboxylic acids is 1. The quantitative estimate of drug-likeness (QED) is 0.725. The molecule has 1 aliphatic carbocycles. The molecule has 9 heteroatoms. The van der Waals surface area contributed by atoms with Gasteiger partial charge in [0.25, 0.3) is 0 Å². The number of amides is 1. The number of nitrogens with one attached hydrogen (secondary N) is 1. The zero-order valence-electron chi connectivity index (χ0n) is 15.3. The van der Waals surface area contributed by atoms with Crippen molar-refractivity contribution in [1.29, 1.82) is 0 Å². The molecule has 1 heterocycles. The number of hydrogen-bond donors (Lipinski definition) is 2. The van der Waals surface area contributed by atoms with Gasteiger partial charge < -0.3 is 15.8 Å². The van der Waals surface area contributed by atoms with E-state index in [9.17, 15) is 13.2 Å². The van der Waals surface area contributed by atoms with Crippen molar-refractivity contribution >= 4 is 28.3 Å². The molecule has 7 nitrogen and oxygen atoms in total. The van der Waals surface area contributed by atoms with E-state index in [0.717, 1.165) is 24.8 Å². The van der Waals surface area contributed by atoms with Crippen LogP contribution in [0, 0.1) is 5.92 Å². The summed E-state index contributed by atoms with van der Waals surface area (Å²) < 4.78 is 31.8. The molecule has 0 spiro atoms. The predicted octanol–water partition coefficient (Wildman–Crippen LogP) is 1.26. The third kappa shape index (κ3) is 5.65. The van der Waals surface area contributed by atoms with Gasteiger partial charge in [-0.25, -0.2) is 8.42 Å². The topological polar surface area (TPSA) is 102 Å². The average Bonchev–Trinajstić information content (AvgIpc) is 3.06. The molecule has 27 heavy (non-hydrogen) atoms. The number of sulfonamides is 1. The Kier molecular flexibility index (Phi) is 8.05. The molecule has 1 saturated heterocycles. The van der Waals surface area contributed by atoms with E-state index in [4.69, 9.17) is 10.5 Å². The van der Waals surface area contributed by atoms with Crippen molar-refractivity contribution in [3.05, 3.63) is 29.8 Å². The van der Waals surface area contributed by atoms with Gasteiger partial charge in [0.1, 0.15) is 0 Å². The lowest BCUT2D eigenvalue weighted by molar-refractivity contribution is -0.122. The third-order valence-corrected chi connectivity index (χ3v) is 7.10. The summed E-state index contributed by atoms with van der Waals surface area (Å²) in [6.07, 6.45) is 3.57. The number of hydrogen-bond acceptors (Lipinski definition) is 5. The van der Waals surface area contributed by atoms with Gasteiger partial charge in [0, 0.05) is 32.1 Å². The fourth-order valence-electron chi connectivity index (χ4n) is 3.55. The zero-order valence-corrected chi connectivity index (χ0v) is 16.9. The first-order valence-corrected chi connectivity index (χ1v) is 10.6. The Labute approximate surface area is 167 Å². The summed E-state index contributed by atoms with van der Waals surface area (Å²) in [5, 5.41) is 2.90. The SMILES string of the molecule is Cl.N[C@@H]1CCC[C@H]1CC(=O)NCc1ccc(S(=O)(=O)N2CCOCC2)cc1. The fourth-order valence-corrected chi connectivity index (χ4v) is 4.95. The van der Waals surface area contributed by atoms with E-state index in [2.05, 4.69) is 5.32 Å². The number of morpholine rings is 1. The maximum absolute atomic E-state index is 12.6. The predicted molar refractivity (Wildman–Crippen MR) is 105 cm³/mol. The Morgan fingerprint density at radius 2 is 1.85 bits per heavy atom. The Bertz CT molecular complexity index is 721. The zero-order chi connectivity index (χ0) is 18.6. The third-order valence-electron chi connectivity index (χ3n) is 5.19. The average molecular weight is 418 g/mol. The van der Waals surface area contributed by atoms with Gasteiger partial charge in [-0.15, -0.1) is 12.4 Å². The molecule has 1 saturated carbocycles. The molecular weight excluding hydrogens is 390 g/mol. The van der Waals surface area contributed by atoms with E-state index >= 15 is 0 Å². The van der Waals surface area contributed by atoms with Crippen molar-refractivity contribution in [2.75, 3.05) is 26.3 Å². The highest BCUT2D eigenvalue weighted by Crippen LogP contribution is 2.26. The van der Waals surface area contributed by atoms with Crippen molar-refractivity contribution in [2.24, 2.45) is 11.7 Å². The molecule has 1 aliphatic heterocycles. The Morgan fingerprint density at radius 1 is 1.19 bits per heavy atom. The Balaban J connectivity index is 0.00000261. The molecule has 152 valence electrons. The molecule has 1 aromatic carbocycles. The van der Waals surface area contributed by atoms with Crippen LogP contribution in [0.2, 0.25) is 0 Å². The second kappa shape index (κ2) is 9.84. The van der Waals surface area contributed by atoms with E-state index in [0.29, 0.717) is 39.3 Å². The number of rotatable bonds is 6. The van der Waals surface area contributed by atoms with Crippen molar-refractivity contribution in [2.45, 2.75) is 43.2 Å². The lowest BCUT2D eigenvalue weighted by Crippen LogP contribution is -2.40. The second-order valence-corrected chi connectivity index (χ2v) is 8.93. The molecule has 2 atom stereocenters. The van der Waals surface area contributed by atoms with E-state index in [1.54, 1.807) is 24.3 Å². The summed E-state index contributed by atoms with van der Waals surface area (Å²) in [6, 6.07) is 6.81. The van der Waals surface area contributed by atoms with Crippen LogP contribution in [0.1, 0.15) is 31.2 Å². The number of nitrogens with two attached hydrogens (primary N) is 1. The minimum Gasteiger partial charge on any atom is -0.379 e. The Morgan fingerprint density at radius 3 is 2.44 bits per heavy atom. The van der Waals surface area contributed by atoms with E-state index in [-0.39, 0.29) is 35.2 Å². The van der Waals surface area contributed by atoms with E-state index in [1.165, 1.54) is 4.31 Å². The number of nitrogens with zero attached hydrogens (tertiary/aromatic N) is 1. The van der Waals surface area contributed by atoms with Gasteiger partial charge in [-0.1, -0.05) is 18.6 Å². The summed E-state index contributed by atoms with van der Waals surface area (Å²) in [4.78, 5) is 12.3. The second-order valence-electron chi connectivity index (χ2n) is 7.00. The van der Waals surface area contributed by atoms with Crippen LogP contribution >= 0.6 is 12.4 Å². The highest BCUT2D eigenvalue weighted by molar-refractivity contribution is 7.89. The Hall–Kier alpha value is -1.19. The van der Waals surface area contributed by atoms with Crippen LogP contribution in [0.15, 0.2) is 29.2 Å². The van der Waals surface area contributed by atoms with Crippen LogP contribution in [0.5, 0.6) is 0 Å². The molecule has 0 unspecified atom stereocenters. The first kappa shape index (κ1) is 22.1. The summed E-state index contributed by atoms with van der Waals surface area (Å²) in [6.45, 7) is 1.99. The van der Waals surface area contributed by atoms with Gasteiger partial charge in [-0.3, -0.25) is 4.79 Å².